The van der Waals surface area contributed by atoms with E-state index in [1.807, 2.05) is 0 Å². The third-order valence-electron chi connectivity index (χ3n) is 3.24. The van der Waals surface area contributed by atoms with Crippen molar-refractivity contribution in [2.45, 2.75) is 32.1 Å². The van der Waals surface area contributed by atoms with Crippen LogP contribution in [-0.4, -0.2) is 22.0 Å². The fraction of sp³-hybridized carbons (Fsp3) is 0.545. The second-order valence-corrected chi connectivity index (χ2v) is 6.90. The van der Waals surface area contributed by atoms with Gasteiger partial charge in [-0.2, -0.15) is 0 Å². The molecule has 1 saturated carbocycles. The number of thiazole rings is 1. The highest BCUT2D eigenvalue weighted by Crippen LogP contribution is 2.41. The molecule has 0 unspecified atom stereocenters. The lowest BCUT2D eigenvalue weighted by atomic mass is 9.82. The van der Waals surface area contributed by atoms with Crippen LogP contribution in [0, 0.1) is 5.41 Å². The smallest absolute Gasteiger partial charge is 0.310 e. The SMILES string of the molecule is O=C(CC1(C(=O)O)CCCC1)Nc1ncc(Br)s1. The summed E-state index contributed by atoms with van der Waals surface area (Å²) in [5.74, 6) is -1.14. The Hall–Kier alpha value is -0.950. The summed E-state index contributed by atoms with van der Waals surface area (Å²) in [6.07, 6.45) is 4.54. The van der Waals surface area contributed by atoms with E-state index < -0.39 is 11.4 Å². The van der Waals surface area contributed by atoms with E-state index in [0.717, 1.165) is 16.6 Å². The Kier molecular flexibility index (Phi) is 4.01. The molecule has 1 aliphatic rings. The highest BCUT2D eigenvalue weighted by Gasteiger charge is 2.43. The second-order valence-electron chi connectivity index (χ2n) is 4.49. The predicted octanol–water partition coefficient (Wildman–Crippen LogP) is 2.88. The molecule has 98 valence electrons. The zero-order chi connectivity index (χ0) is 13.2. The van der Waals surface area contributed by atoms with Crippen LogP contribution < -0.4 is 5.32 Å². The van der Waals surface area contributed by atoms with E-state index in [0.29, 0.717) is 18.0 Å². The Morgan fingerprint density at radius 2 is 2.17 bits per heavy atom. The number of aromatic nitrogens is 1. The van der Waals surface area contributed by atoms with Crippen LogP contribution in [0.2, 0.25) is 0 Å². The number of nitrogens with zero attached hydrogens (tertiary/aromatic N) is 1. The van der Waals surface area contributed by atoms with Gasteiger partial charge in [-0.05, 0) is 28.8 Å². The molecule has 0 spiro atoms. The zero-order valence-electron chi connectivity index (χ0n) is 9.61. The van der Waals surface area contributed by atoms with E-state index in [4.69, 9.17) is 0 Å². The molecule has 1 amide bonds. The standard InChI is InChI=1S/C11H13BrN2O3S/c12-7-6-13-10(18-7)14-8(15)5-11(9(16)17)3-1-2-4-11/h6H,1-5H2,(H,16,17)(H,13,14,15). The fourth-order valence-corrected chi connectivity index (χ4v) is 3.42. The lowest BCUT2D eigenvalue weighted by Gasteiger charge is -2.22. The molecule has 1 heterocycles. The summed E-state index contributed by atoms with van der Waals surface area (Å²) in [5.41, 5.74) is -0.876. The Labute approximate surface area is 117 Å². The topological polar surface area (TPSA) is 79.3 Å². The zero-order valence-corrected chi connectivity index (χ0v) is 12.0. The molecule has 0 atom stereocenters. The number of hydrogen-bond acceptors (Lipinski definition) is 4. The third-order valence-corrected chi connectivity index (χ3v) is 4.63. The maximum absolute atomic E-state index is 11.9. The molecule has 0 saturated heterocycles. The van der Waals surface area contributed by atoms with E-state index in [1.54, 1.807) is 6.20 Å². The number of hydrogen-bond donors (Lipinski definition) is 2. The molecule has 2 rings (SSSR count). The summed E-state index contributed by atoms with van der Waals surface area (Å²) in [6.45, 7) is 0. The van der Waals surface area contributed by atoms with Crippen LogP contribution in [0.15, 0.2) is 9.98 Å². The van der Waals surface area contributed by atoms with Gasteiger partial charge >= 0.3 is 5.97 Å². The first-order valence-corrected chi connectivity index (χ1v) is 7.27. The average Bonchev–Trinajstić information content (AvgIpc) is 2.89. The van der Waals surface area contributed by atoms with Gasteiger partial charge in [0.25, 0.3) is 0 Å². The molecule has 18 heavy (non-hydrogen) atoms. The first-order chi connectivity index (χ1) is 8.52. The van der Waals surface area contributed by atoms with Crippen LogP contribution in [-0.2, 0) is 9.59 Å². The van der Waals surface area contributed by atoms with Gasteiger partial charge in [-0.1, -0.05) is 24.2 Å². The largest absolute Gasteiger partial charge is 0.481 e. The summed E-state index contributed by atoms with van der Waals surface area (Å²) < 4.78 is 0.826. The molecule has 5 nitrogen and oxygen atoms in total. The first-order valence-electron chi connectivity index (χ1n) is 5.66. The van der Waals surface area contributed by atoms with Crippen LogP contribution in [0.1, 0.15) is 32.1 Å². The number of amides is 1. The van der Waals surface area contributed by atoms with E-state index in [9.17, 15) is 14.7 Å². The monoisotopic (exact) mass is 332 g/mol. The fourth-order valence-electron chi connectivity index (χ4n) is 2.30. The van der Waals surface area contributed by atoms with Gasteiger partial charge in [-0.3, -0.25) is 9.59 Å². The average molecular weight is 333 g/mol. The van der Waals surface area contributed by atoms with Crippen molar-refractivity contribution in [1.82, 2.24) is 4.98 Å². The van der Waals surface area contributed by atoms with Crippen molar-refractivity contribution >= 4 is 44.3 Å². The van der Waals surface area contributed by atoms with Crippen LogP contribution in [0.5, 0.6) is 0 Å². The number of carboxylic acid groups (broad SMARTS) is 1. The summed E-state index contributed by atoms with van der Waals surface area (Å²) in [6, 6.07) is 0. The first kappa shape index (κ1) is 13.5. The molecular weight excluding hydrogens is 320 g/mol. The number of halogens is 1. The lowest BCUT2D eigenvalue weighted by Crippen LogP contribution is -2.32. The van der Waals surface area contributed by atoms with Gasteiger partial charge in [0.1, 0.15) is 0 Å². The third kappa shape index (κ3) is 2.89. The van der Waals surface area contributed by atoms with Gasteiger partial charge in [0.15, 0.2) is 5.13 Å². The van der Waals surface area contributed by atoms with Gasteiger partial charge in [0.05, 0.1) is 15.4 Å². The maximum Gasteiger partial charge on any atom is 0.310 e. The van der Waals surface area contributed by atoms with Crippen molar-refractivity contribution in [3.63, 3.8) is 0 Å². The number of carbonyl (C=O) groups is 2. The molecule has 2 N–H and O–H groups in total. The van der Waals surface area contributed by atoms with Crippen molar-refractivity contribution in [3.8, 4) is 0 Å². The van der Waals surface area contributed by atoms with E-state index in [2.05, 4.69) is 26.2 Å². The lowest BCUT2D eigenvalue weighted by molar-refractivity contribution is -0.150. The van der Waals surface area contributed by atoms with Crippen LogP contribution in [0.4, 0.5) is 5.13 Å². The number of aliphatic carboxylic acids is 1. The molecule has 0 aliphatic heterocycles. The quantitative estimate of drug-likeness (QED) is 0.888. The number of nitrogens with one attached hydrogen (secondary N) is 1. The van der Waals surface area contributed by atoms with Crippen LogP contribution in [0.3, 0.4) is 0 Å². The van der Waals surface area contributed by atoms with Gasteiger partial charge in [0, 0.05) is 6.42 Å². The molecule has 0 aromatic carbocycles. The molecule has 7 heteroatoms. The number of rotatable bonds is 4. The van der Waals surface area contributed by atoms with E-state index >= 15 is 0 Å². The molecule has 1 fully saturated rings. The summed E-state index contributed by atoms with van der Waals surface area (Å²) >= 11 is 4.56. The minimum Gasteiger partial charge on any atom is -0.481 e. The maximum atomic E-state index is 11.9. The normalized spacial score (nSPS) is 17.6. The second kappa shape index (κ2) is 5.36. The van der Waals surface area contributed by atoms with Crippen LogP contribution in [0.25, 0.3) is 0 Å². The van der Waals surface area contributed by atoms with Gasteiger partial charge in [-0.15, -0.1) is 0 Å². The van der Waals surface area contributed by atoms with Crippen LogP contribution >= 0.6 is 27.3 Å². The minimum absolute atomic E-state index is 0.0273. The summed E-state index contributed by atoms with van der Waals surface area (Å²) in [4.78, 5) is 27.2. The number of anilines is 1. The molecule has 1 aliphatic carbocycles. The van der Waals surface area contributed by atoms with Crippen molar-refractivity contribution in [1.29, 1.82) is 0 Å². The Morgan fingerprint density at radius 1 is 1.50 bits per heavy atom. The molecular formula is C11H13BrN2O3S. The molecule has 0 bridgehead atoms. The van der Waals surface area contributed by atoms with Gasteiger partial charge < -0.3 is 10.4 Å². The molecule has 1 aromatic rings. The van der Waals surface area contributed by atoms with Crippen molar-refractivity contribution in [2.24, 2.45) is 5.41 Å². The van der Waals surface area contributed by atoms with Crippen molar-refractivity contribution in [3.05, 3.63) is 9.98 Å². The molecule has 0 radical (unpaired) electrons. The van der Waals surface area contributed by atoms with E-state index in [1.165, 1.54) is 11.3 Å². The molecule has 1 aromatic heterocycles. The number of carboxylic acids is 1. The van der Waals surface area contributed by atoms with Gasteiger partial charge in [-0.25, -0.2) is 4.98 Å². The van der Waals surface area contributed by atoms with E-state index in [-0.39, 0.29) is 12.3 Å². The predicted molar refractivity (Wildman–Crippen MR) is 71.6 cm³/mol. The van der Waals surface area contributed by atoms with Crippen molar-refractivity contribution < 1.29 is 14.7 Å². The summed E-state index contributed by atoms with van der Waals surface area (Å²) in [5, 5.41) is 12.4. The minimum atomic E-state index is -0.876. The van der Waals surface area contributed by atoms with Crippen molar-refractivity contribution in [2.75, 3.05) is 5.32 Å². The summed E-state index contributed by atoms with van der Waals surface area (Å²) in [7, 11) is 0. The highest BCUT2D eigenvalue weighted by molar-refractivity contribution is 9.11. The Morgan fingerprint density at radius 3 is 2.67 bits per heavy atom. The van der Waals surface area contributed by atoms with Gasteiger partial charge in [0.2, 0.25) is 5.91 Å². The highest BCUT2D eigenvalue weighted by atomic mass is 79.9. The number of carbonyl (C=O) groups excluding carboxylic acids is 1. The Balaban J connectivity index is 1.99. The Bertz CT molecular complexity index is 469.